The maximum atomic E-state index is 14.0. The van der Waals surface area contributed by atoms with Crippen molar-refractivity contribution in [2.45, 2.75) is 51.2 Å². The smallest absolute Gasteiger partial charge is 0.266 e. The maximum absolute atomic E-state index is 14.0. The number of fused-ring (bicyclic) bond motifs is 1. The van der Waals surface area contributed by atoms with Crippen LogP contribution in [0.2, 0.25) is 5.02 Å². The number of carbonyl (C=O) groups is 1. The molecule has 1 N–H and O–H groups in total. The number of hydrogen-bond donors (Lipinski definition) is 1. The van der Waals surface area contributed by atoms with Gasteiger partial charge in [0.2, 0.25) is 0 Å². The lowest BCUT2D eigenvalue weighted by molar-refractivity contribution is 0.0606. The van der Waals surface area contributed by atoms with Crippen molar-refractivity contribution in [1.82, 2.24) is 20.4 Å². The molecular weight excluding hydrogens is 476 g/mol. The van der Waals surface area contributed by atoms with Gasteiger partial charge in [-0.25, -0.2) is 0 Å². The predicted octanol–water partition coefficient (Wildman–Crippen LogP) is 6.49. The monoisotopic (exact) mass is 504 g/mol. The van der Waals surface area contributed by atoms with E-state index in [0.717, 1.165) is 58.3 Å². The van der Waals surface area contributed by atoms with Crippen molar-refractivity contribution in [2.75, 3.05) is 7.05 Å². The van der Waals surface area contributed by atoms with E-state index in [9.17, 15) is 4.79 Å². The van der Waals surface area contributed by atoms with Gasteiger partial charge < -0.3 is 10.2 Å². The van der Waals surface area contributed by atoms with Crippen LogP contribution in [0.5, 0.6) is 0 Å². The van der Waals surface area contributed by atoms with Crippen molar-refractivity contribution in [3.8, 4) is 11.3 Å². The Balaban J connectivity index is 1.47. The Bertz CT molecular complexity index is 1330. The Labute approximate surface area is 215 Å². The van der Waals surface area contributed by atoms with E-state index in [0.29, 0.717) is 22.5 Å². The molecule has 0 aliphatic heterocycles. The Morgan fingerprint density at radius 2 is 1.86 bits per heavy atom. The van der Waals surface area contributed by atoms with Crippen LogP contribution in [-0.4, -0.2) is 40.1 Å². The van der Waals surface area contributed by atoms with E-state index in [4.69, 9.17) is 11.6 Å². The zero-order chi connectivity index (χ0) is 24.4. The van der Waals surface area contributed by atoms with Gasteiger partial charge in [-0.15, -0.1) is 11.3 Å². The molecule has 0 spiro atoms. The van der Waals surface area contributed by atoms with Crippen molar-refractivity contribution in [1.29, 1.82) is 0 Å². The van der Waals surface area contributed by atoms with Gasteiger partial charge in [0.15, 0.2) is 0 Å². The number of carbonyl (C=O) groups excluding carboxylic acids is 1. The minimum atomic E-state index is 0.0182. The summed E-state index contributed by atoms with van der Waals surface area (Å²) in [4.78, 5) is 16.7. The van der Waals surface area contributed by atoms with Crippen LogP contribution in [0.15, 0.2) is 60.7 Å². The van der Waals surface area contributed by atoms with E-state index in [1.54, 1.807) is 0 Å². The van der Waals surface area contributed by atoms with E-state index in [-0.39, 0.29) is 11.9 Å². The molecule has 1 aliphatic rings. The average molecular weight is 505 g/mol. The second-order valence-corrected chi connectivity index (χ2v) is 10.7. The third kappa shape index (κ3) is 5.10. The number of nitrogens with zero attached hydrogens (tertiary/aromatic N) is 3. The standard InChI is InChI=1S/C28H29ClN4OS/c1-18-10-15-24(32-31-18)20-7-5-6-19(16-20)17-33(22-13-11-21(30-2)12-14-22)28(34)27-26(29)23-8-3-4-9-25(23)35-27/h3-10,15-16,21-22,30H,11-14,17H2,1-2H3. The van der Waals surface area contributed by atoms with Crippen molar-refractivity contribution in [3.63, 3.8) is 0 Å². The number of thiophene rings is 1. The van der Waals surface area contributed by atoms with E-state index in [2.05, 4.69) is 27.6 Å². The summed E-state index contributed by atoms with van der Waals surface area (Å²) in [6.07, 6.45) is 4.07. The molecule has 35 heavy (non-hydrogen) atoms. The summed E-state index contributed by atoms with van der Waals surface area (Å²) in [6, 6.07) is 20.9. The molecule has 0 radical (unpaired) electrons. The quantitative estimate of drug-likeness (QED) is 0.326. The minimum absolute atomic E-state index is 0.0182. The van der Waals surface area contributed by atoms with E-state index in [1.807, 2.05) is 67.4 Å². The highest BCUT2D eigenvalue weighted by Crippen LogP contribution is 2.37. The summed E-state index contributed by atoms with van der Waals surface area (Å²) in [5, 5.41) is 13.4. The average Bonchev–Trinajstić information content (AvgIpc) is 3.24. The number of aryl methyl sites for hydroxylation is 1. The third-order valence-electron chi connectivity index (χ3n) is 6.91. The fourth-order valence-electron chi connectivity index (χ4n) is 4.90. The first-order valence-corrected chi connectivity index (χ1v) is 13.3. The molecule has 1 aliphatic carbocycles. The minimum Gasteiger partial charge on any atom is -0.331 e. The molecule has 180 valence electrons. The van der Waals surface area contributed by atoms with Crippen molar-refractivity contribution in [2.24, 2.45) is 0 Å². The first kappa shape index (κ1) is 23.9. The summed E-state index contributed by atoms with van der Waals surface area (Å²) >= 11 is 8.23. The number of nitrogens with one attached hydrogen (secondary N) is 1. The number of hydrogen-bond acceptors (Lipinski definition) is 5. The molecule has 1 saturated carbocycles. The molecule has 2 aromatic carbocycles. The summed E-state index contributed by atoms with van der Waals surface area (Å²) in [7, 11) is 2.02. The number of rotatable bonds is 6. The zero-order valence-electron chi connectivity index (χ0n) is 20.0. The number of amides is 1. The van der Waals surface area contributed by atoms with E-state index < -0.39 is 0 Å². The predicted molar refractivity (Wildman–Crippen MR) is 144 cm³/mol. The molecule has 2 heterocycles. The van der Waals surface area contributed by atoms with Crippen LogP contribution in [0.25, 0.3) is 21.3 Å². The highest BCUT2D eigenvalue weighted by Gasteiger charge is 2.31. The van der Waals surface area contributed by atoms with Crippen LogP contribution >= 0.6 is 22.9 Å². The molecule has 1 fully saturated rings. The molecule has 7 heteroatoms. The molecule has 0 bridgehead atoms. The molecular formula is C28H29ClN4OS. The number of halogens is 1. The summed E-state index contributed by atoms with van der Waals surface area (Å²) in [5.74, 6) is 0.0182. The Kier molecular flexibility index (Phi) is 7.14. The maximum Gasteiger partial charge on any atom is 0.266 e. The van der Waals surface area contributed by atoms with Crippen LogP contribution in [0.1, 0.15) is 46.6 Å². The van der Waals surface area contributed by atoms with Crippen LogP contribution in [0.4, 0.5) is 0 Å². The van der Waals surface area contributed by atoms with Gasteiger partial charge >= 0.3 is 0 Å². The largest absolute Gasteiger partial charge is 0.331 e. The molecule has 1 amide bonds. The van der Waals surface area contributed by atoms with Gasteiger partial charge in [-0.3, -0.25) is 4.79 Å². The number of benzene rings is 2. The SMILES string of the molecule is CNC1CCC(N(Cc2cccc(-c3ccc(C)nn3)c2)C(=O)c2sc3ccccc3c2Cl)CC1. The first-order chi connectivity index (χ1) is 17.0. The third-order valence-corrected chi connectivity index (χ3v) is 8.57. The topological polar surface area (TPSA) is 58.1 Å². The van der Waals surface area contributed by atoms with Gasteiger partial charge in [-0.1, -0.05) is 48.0 Å². The van der Waals surface area contributed by atoms with Crippen molar-refractivity contribution in [3.05, 3.63) is 81.8 Å². The summed E-state index contributed by atoms with van der Waals surface area (Å²) < 4.78 is 1.04. The van der Waals surface area contributed by atoms with E-state index >= 15 is 0 Å². The van der Waals surface area contributed by atoms with Gasteiger partial charge in [0, 0.05) is 34.3 Å². The van der Waals surface area contributed by atoms with Crippen LogP contribution in [-0.2, 0) is 6.54 Å². The highest BCUT2D eigenvalue weighted by atomic mass is 35.5. The van der Waals surface area contributed by atoms with Gasteiger partial charge in [0.25, 0.3) is 5.91 Å². The second kappa shape index (κ2) is 10.4. The molecule has 0 atom stereocenters. The van der Waals surface area contributed by atoms with Crippen LogP contribution < -0.4 is 5.32 Å². The zero-order valence-corrected chi connectivity index (χ0v) is 21.6. The van der Waals surface area contributed by atoms with Crippen molar-refractivity contribution < 1.29 is 4.79 Å². The van der Waals surface area contributed by atoms with Gasteiger partial charge in [-0.2, -0.15) is 10.2 Å². The lowest BCUT2D eigenvalue weighted by Crippen LogP contribution is -2.44. The first-order valence-electron chi connectivity index (χ1n) is 12.1. The molecule has 4 aromatic rings. The summed E-state index contributed by atoms with van der Waals surface area (Å²) in [6.45, 7) is 2.46. The van der Waals surface area contributed by atoms with Crippen LogP contribution in [0.3, 0.4) is 0 Å². The van der Waals surface area contributed by atoms with Crippen molar-refractivity contribution >= 4 is 38.9 Å². The van der Waals surface area contributed by atoms with Crippen LogP contribution in [0, 0.1) is 6.92 Å². The van der Waals surface area contributed by atoms with Gasteiger partial charge in [0.05, 0.1) is 16.4 Å². The fourth-order valence-corrected chi connectivity index (χ4v) is 6.37. The van der Waals surface area contributed by atoms with Gasteiger partial charge in [0.1, 0.15) is 4.88 Å². The van der Waals surface area contributed by atoms with Gasteiger partial charge in [-0.05, 0) is 69.5 Å². The molecule has 0 saturated heterocycles. The molecule has 2 aromatic heterocycles. The Morgan fingerprint density at radius 1 is 1.06 bits per heavy atom. The summed E-state index contributed by atoms with van der Waals surface area (Å²) in [5.41, 5.74) is 3.80. The highest BCUT2D eigenvalue weighted by molar-refractivity contribution is 7.21. The number of aromatic nitrogens is 2. The second-order valence-electron chi connectivity index (χ2n) is 9.23. The Hall–Kier alpha value is -2.80. The Morgan fingerprint density at radius 3 is 2.57 bits per heavy atom. The molecule has 5 rings (SSSR count). The fraction of sp³-hybridized carbons (Fsp3) is 0.321. The normalized spacial score (nSPS) is 18.0. The lowest BCUT2D eigenvalue weighted by Gasteiger charge is -2.37. The molecule has 0 unspecified atom stereocenters. The van der Waals surface area contributed by atoms with E-state index in [1.165, 1.54) is 11.3 Å². The molecule has 5 nitrogen and oxygen atoms in total. The lowest BCUT2D eigenvalue weighted by atomic mass is 9.89.